The Morgan fingerprint density at radius 3 is 2.70 bits per heavy atom. The highest BCUT2D eigenvalue weighted by molar-refractivity contribution is 6.00. The molecule has 1 saturated heterocycles. The van der Waals surface area contributed by atoms with Gasteiger partial charge in [-0.15, -0.1) is 0 Å². The molecular weight excluding hydrogens is 260 g/mol. The Hall–Kier alpha value is -2.24. The lowest BCUT2D eigenvalue weighted by Gasteiger charge is -2.34. The summed E-state index contributed by atoms with van der Waals surface area (Å²) in [5.41, 5.74) is 1.74. The molecule has 0 aliphatic carbocycles. The van der Waals surface area contributed by atoms with E-state index in [2.05, 4.69) is 0 Å². The molecule has 2 amide bonds. The van der Waals surface area contributed by atoms with Gasteiger partial charge in [0.05, 0.1) is 18.7 Å². The first kappa shape index (κ1) is 12.8. The minimum atomic E-state index is -0.973. The molecule has 1 N–H and O–H groups in total. The van der Waals surface area contributed by atoms with E-state index in [4.69, 9.17) is 9.84 Å². The second-order valence-electron chi connectivity index (χ2n) is 5.20. The number of anilines is 1. The van der Waals surface area contributed by atoms with Gasteiger partial charge in [-0.2, -0.15) is 0 Å². The summed E-state index contributed by atoms with van der Waals surface area (Å²) in [5.74, 6) is 0.219. The third-order valence-electron chi connectivity index (χ3n) is 4.22. The number of carboxylic acid groups (broad SMARTS) is 1. The van der Waals surface area contributed by atoms with E-state index in [0.717, 1.165) is 11.3 Å². The Labute approximate surface area is 116 Å². The fourth-order valence-corrected chi connectivity index (χ4v) is 3.25. The highest BCUT2D eigenvalue weighted by Gasteiger charge is 2.47. The minimum absolute atomic E-state index is 0.0456. The fourth-order valence-electron chi connectivity index (χ4n) is 3.25. The molecule has 2 heterocycles. The average molecular weight is 276 g/mol. The lowest BCUT2D eigenvalue weighted by atomic mass is 9.83. The number of ether oxygens (including phenoxy) is 1. The van der Waals surface area contributed by atoms with Crippen LogP contribution in [0.3, 0.4) is 0 Å². The molecule has 0 bridgehead atoms. The summed E-state index contributed by atoms with van der Waals surface area (Å²) in [6.45, 7) is 0.625. The van der Waals surface area contributed by atoms with Crippen LogP contribution in [0.2, 0.25) is 0 Å². The van der Waals surface area contributed by atoms with Crippen molar-refractivity contribution in [2.45, 2.75) is 5.92 Å². The van der Waals surface area contributed by atoms with Gasteiger partial charge in [-0.05, 0) is 11.6 Å². The van der Waals surface area contributed by atoms with Crippen LogP contribution in [-0.4, -0.2) is 49.3 Å². The Bertz CT molecular complexity index is 587. The molecule has 3 rings (SSSR count). The van der Waals surface area contributed by atoms with Crippen LogP contribution in [0, 0.1) is 5.92 Å². The lowest BCUT2D eigenvalue weighted by molar-refractivity contribution is -0.122. The smallest absolute Gasteiger partial charge is 0.407 e. The summed E-state index contributed by atoms with van der Waals surface area (Å²) >= 11 is 0. The SMILES string of the molecule is COc1cccc2c1N(C)C(=O)C1CN(C(=O)O)CC21. The molecule has 20 heavy (non-hydrogen) atoms. The second-order valence-corrected chi connectivity index (χ2v) is 5.20. The monoisotopic (exact) mass is 276 g/mol. The number of para-hydroxylation sites is 1. The van der Waals surface area contributed by atoms with Gasteiger partial charge in [0.2, 0.25) is 5.91 Å². The molecule has 1 fully saturated rings. The Kier molecular flexibility index (Phi) is 2.81. The topological polar surface area (TPSA) is 70.1 Å². The van der Waals surface area contributed by atoms with Crippen molar-refractivity contribution in [3.63, 3.8) is 0 Å². The number of nitrogens with zero attached hydrogens (tertiary/aromatic N) is 2. The summed E-state index contributed by atoms with van der Waals surface area (Å²) in [6, 6.07) is 5.64. The van der Waals surface area contributed by atoms with Crippen LogP contribution in [0.1, 0.15) is 11.5 Å². The molecule has 6 heteroatoms. The minimum Gasteiger partial charge on any atom is -0.495 e. The van der Waals surface area contributed by atoms with Gasteiger partial charge in [0.25, 0.3) is 0 Å². The van der Waals surface area contributed by atoms with Crippen molar-refractivity contribution in [1.82, 2.24) is 4.90 Å². The molecule has 2 atom stereocenters. The third kappa shape index (κ3) is 1.64. The van der Waals surface area contributed by atoms with E-state index < -0.39 is 6.09 Å². The molecular formula is C14H16N2O4. The van der Waals surface area contributed by atoms with Crippen molar-refractivity contribution in [2.24, 2.45) is 5.92 Å². The van der Waals surface area contributed by atoms with Crippen molar-refractivity contribution in [2.75, 3.05) is 32.1 Å². The first-order valence-corrected chi connectivity index (χ1v) is 6.47. The maximum absolute atomic E-state index is 12.5. The third-order valence-corrected chi connectivity index (χ3v) is 4.22. The molecule has 0 spiro atoms. The van der Waals surface area contributed by atoms with Crippen LogP contribution < -0.4 is 9.64 Å². The van der Waals surface area contributed by atoms with E-state index in [-0.39, 0.29) is 24.3 Å². The Morgan fingerprint density at radius 2 is 2.05 bits per heavy atom. The van der Waals surface area contributed by atoms with Gasteiger partial charge < -0.3 is 19.6 Å². The van der Waals surface area contributed by atoms with Gasteiger partial charge in [-0.25, -0.2) is 4.79 Å². The molecule has 1 aromatic rings. The molecule has 6 nitrogen and oxygen atoms in total. The molecule has 2 aliphatic rings. The van der Waals surface area contributed by atoms with E-state index in [1.165, 1.54) is 4.90 Å². The number of carbonyl (C=O) groups is 2. The number of fused-ring (bicyclic) bond motifs is 3. The van der Waals surface area contributed by atoms with E-state index in [0.29, 0.717) is 12.3 Å². The Morgan fingerprint density at radius 1 is 1.35 bits per heavy atom. The summed E-state index contributed by atoms with van der Waals surface area (Å²) in [7, 11) is 3.28. The van der Waals surface area contributed by atoms with Crippen molar-refractivity contribution in [3.8, 4) is 5.75 Å². The molecule has 0 radical (unpaired) electrons. The van der Waals surface area contributed by atoms with Crippen molar-refractivity contribution >= 4 is 17.7 Å². The zero-order valence-corrected chi connectivity index (χ0v) is 11.4. The van der Waals surface area contributed by atoms with E-state index in [9.17, 15) is 9.59 Å². The van der Waals surface area contributed by atoms with Gasteiger partial charge in [0.1, 0.15) is 5.75 Å². The second kappa shape index (κ2) is 4.40. The number of hydrogen-bond acceptors (Lipinski definition) is 3. The molecule has 2 unspecified atom stereocenters. The molecule has 0 saturated carbocycles. The first-order chi connectivity index (χ1) is 9.54. The number of benzene rings is 1. The highest BCUT2D eigenvalue weighted by Crippen LogP contribution is 2.46. The summed E-state index contributed by atoms with van der Waals surface area (Å²) in [5, 5.41) is 9.14. The maximum atomic E-state index is 12.5. The Balaban J connectivity index is 2.10. The molecule has 1 aromatic carbocycles. The van der Waals surface area contributed by atoms with Gasteiger partial charge in [-0.1, -0.05) is 12.1 Å². The number of carbonyl (C=O) groups excluding carboxylic acids is 1. The summed E-state index contributed by atoms with van der Waals surface area (Å²) < 4.78 is 5.33. The van der Waals surface area contributed by atoms with E-state index >= 15 is 0 Å². The first-order valence-electron chi connectivity index (χ1n) is 6.47. The number of rotatable bonds is 1. The predicted octanol–water partition coefficient (Wildman–Crippen LogP) is 1.36. The van der Waals surface area contributed by atoms with E-state index in [1.54, 1.807) is 19.1 Å². The van der Waals surface area contributed by atoms with Crippen LogP contribution in [-0.2, 0) is 4.79 Å². The van der Waals surface area contributed by atoms with Crippen molar-refractivity contribution in [3.05, 3.63) is 23.8 Å². The van der Waals surface area contributed by atoms with Crippen LogP contribution >= 0.6 is 0 Å². The van der Waals surface area contributed by atoms with Crippen LogP contribution in [0.4, 0.5) is 10.5 Å². The van der Waals surface area contributed by atoms with Gasteiger partial charge in [0, 0.05) is 26.1 Å². The largest absolute Gasteiger partial charge is 0.495 e. The number of amides is 2. The van der Waals surface area contributed by atoms with Crippen molar-refractivity contribution in [1.29, 1.82) is 0 Å². The summed E-state index contributed by atoms with van der Waals surface area (Å²) in [6.07, 6.45) is -0.973. The van der Waals surface area contributed by atoms with Crippen molar-refractivity contribution < 1.29 is 19.4 Å². The number of methoxy groups -OCH3 is 1. The normalized spacial score (nSPS) is 24.4. The lowest BCUT2D eigenvalue weighted by Crippen LogP contribution is -2.41. The molecule has 2 aliphatic heterocycles. The molecule has 0 aromatic heterocycles. The maximum Gasteiger partial charge on any atom is 0.407 e. The zero-order chi connectivity index (χ0) is 14.4. The van der Waals surface area contributed by atoms with E-state index in [1.807, 2.05) is 18.2 Å². The standard InChI is InChI=1S/C14H16N2O4/c1-15-12-8(4-3-5-11(12)20-2)9-6-16(14(18)19)7-10(9)13(15)17/h3-5,9-10H,6-7H2,1-2H3,(H,18,19). The summed E-state index contributed by atoms with van der Waals surface area (Å²) in [4.78, 5) is 26.5. The van der Waals surface area contributed by atoms with Gasteiger partial charge in [-0.3, -0.25) is 4.79 Å². The molecule has 106 valence electrons. The number of likely N-dealkylation sites (tertiary alicyclic amines) is 1. The predicted molar refractivity (Wildman–Crippen MR) is 72.2 cm³/mol. The van der Waals surface area contributed by atoms with Crippen LogP contribution in [0.15, 0.2) is 18.2 Å². The van der Waals surface area contributed by atoms with Crippen LogP contribution in [0.25, 0.3) is 0 Å². The zero-order valence-electron chi connectivity index (χ0n) is 11.4. The van der Waals surface area contributed by atoms with Gasteiger partial charge >= 0.3 is 6.09 Å². The number of hydrogen-bond donors (Lipinski definition) is 1. The van der Waals surface area contributed by atoms with Gasteiger partial charge in [0.15, 0.2) is 0 Å². The fraction of sp³-hybridized carbons (Fsp3) is 0.429. The highest BCUT2D eigenvalue weighted by atomic mass is 16.5. The van der Waals surface area contributed by atoms with Crippen LogP contribution in [0.5, 0.6) is 5.75 Å². The average Bonchev–Trinajstić information content (AvgIpc) is 2.89. The quantitative estimate of drug-likeness (QED) is 0.841.